The lowest BCUT2D eigenvalue weighted by atomic mass is 10.1. The van der Waals surface area contributed by atoms with Crippen LogP contribution in [-0.2, 0) is 10.9 Å². The molecule has 0 amide bonds. The van der Waals surface area contributed by atoms with Crippen molar-refractivity contribution < 1.29 is 22.3 Å². The minimum absolute atomic E-state index is 0.0774. The minimum atomic E-state index is -4.53. The number of anilines is 2. The van der Waals surface area contributed by atoms with Gasteiger partial charge in [0.15, 0.2) is 5.84 Å². The van der Waals surface area contributed by atoms with E-state index in [4.69, 9.17) is 9.73 Å². The first-order valence-electron chi connectivity index (χ1n) is 10.5. The molecule has 2 aliphatic rings. The van der Waals surface area contributed by atoms with E-state index in [2.05, 4.69) is 15.2 Å². The first-order valence-corrected chi connectivity index (χ1v) is 11.3. The number of amidine groups is 1. The van der Waals surface area contributed by atoms with Gasteiger partial charge in [-0.3, -0.25) is 9.29 Å². The Kier molecular flexibility index (Phi) is 6.96. The number of ether oxygens (including phenoxy) is 1. The molecule has 0 saturated carbocycles. The summed E-state index contributed by atoms with van der Waals surface area (Å²) in [5.41, 5.74) is 1.49. The summed E-state index contributed by atoms with van der Waals surface area (Å²) in [5.74, 6) is 0.428. The summed E-state index contributed by atoms with van der Waals surface area (Å²) in [4.78, 5) is 12.9. The minimum Gasteiger partial charge on any atom is -0.385 e. The predicted molar refractivity (Wildman–Crippen MR) is 117 cm³/mol. The van der Waals surface area contributed by atoms with Gasteiger partial charge in [0.25, 0.3) is 0 Å². The second-order valence-electron chi connectivity index (χ2n) is 7.73. The molecular formula is C21H25F4N5OS. The second kappa shape index (κ2) is 9.72. The van der Waals surface area contributed by atoms with Crippen LogP contribution in [0.15, 0.2) is 29.3 Å². The zero-order valence-corrected chi connectivity index (χ0v) is 18.5. The summed E-state index contributed by atoms with van der Waals surface area (Å²) < 4.78 is 58.3. The highest BCUT2D eigenvalue weighted by molar-refractivity contribution is 7.16. The van der Waals surface area contributed by atoms with Gasteiger partial charge in [0.05, 0.1) is 18.0 Å². The Hall–Kier alpha value is -2.24. The van der Waals surface area contributed by atoms with Crippen molar-refractivity contribution in [2.24, 2.45) is 4.99 Å². The van der Waals surface area contributed by atoms with Crippen molar-refractivity contribution in [2.45, 2.75) is 25.1 Å². The standard InChI is InChI=1S/C21H25F4N5OS/c1-31-12-7-14-13-30(11-10-29(14)9-4-8-22)18-17-19(32-20(28-17)21(23,24)25)27-16-6-3-2-5-15(16)26-18/h2-3,5-6,14,27H,4,7-13H2,1H3/t14-/m0/s1. The van der Waals surface area contributed by atoms with E-state index in [9.17, 15) is 17.6 Å². The van der Waals surface area contributed by atoms with Crippen LogP contribution in [0.5, 0.6) is 0 Å². The third-order valence-electron chi connectivity index (χ3n) is 5.60. The Morgan fingerprint density at radius 1 is 1.25 bits per heavy atom. The molecule has 1 N–H and O–H groups in total. The number of aromatic nitrogens is 1. The number of piperazine rings is 1. The Morgan fingerprint density at radius 2 is 2.06 bits per heavy atom. The molecule has 1 aromatic heterocycles. The molecule has 3 heterocycles. The number of rotatable bonds is 6. The highest BCUT2D eigenvalue weighted by Gasteiger charge is 2.39. The second-order valence-corrected chi connectivity index (χ2v) is 8.73. The van der Waals surface area contributed by atoms with E-state index in [0.29, 0.717) is 72.8 Å². The number of hydrogen-bond donors (Lipinski definition) is 1. The largest absolute Gasteiger partial charge is 0.443 e. The highest BCUT2D eigenvalue weighted by atomic mass is 32.1. The average Bonchev–Trinajstić information content (AvgIpc) is 3.13. The zero-order chi connectivity index (χ0) is 22.7. The lowest BCUT2D eigenvalue weighted by Gasteiger charge is -2.42. The van der Waals surface area contributed by atoms with Crippen LogP contribution >= 0.6 is 11.3 Å². The molecule has 6 nitrogen and oxygen atoms in total. The Morgan fingerprint density at radius 3 is 2.81 bits per heavy atom. The number of para-hydroxylation sites is 2. The van der Waals surface area contributed by atoms with Gasteiger partial charge in [-0.15, -0.1) is 0 Å². The maximum absolute atomic E-state index is 13.4. The van der Waals surface area contributed by atoms with E-state index in [1.807, 2.05) is 23.1 Å². The van der Waals surface area contributed by atoms with Gasteiger partial charge in [-0.1, -0.05) is 23.5 Å². The van der Waals surface area contributed by atoms with Gasteiger partial charge >= 0.3 is 6.18 Å². The normalized spacial score (nSPS) is 19.1. The quantitative estimate of drug-likeness (QED) is 0.620. The fourth-order valence-electron chi connectivity index (χ4n) is 4.03. The van der Waals surface area contributed by atoms with Gasteiger partial charge < -0.3 is 15.0 Å². The van der Waals surface area contributed by atoms with Crippen LogP contribution in [0.2, 0.25) is 0 Å². The van der Waals surface area contributed by atoms with Crippen LogP contribution in [0.25, 0.3) is 0 Å². The monoisotopic (exact) mass is 471 g/mol. The molecule has 0 bridgehead atoms. The van der Waals surface area contributed by atoms with Crippen molar-refractivity contribution in [3.05, 3.63) is 35.0 Å². The summed E-state index contributed by atoms with van der Waals surface area (Å²) in [7, 11) is 1.63. The van der Waals surface area contributed by atoms with Gasteiger partial charge in [-0.2, -0.15) is 13.2 Å². The number of aliphatic imine (C=N–C) groups is 1. The predicted octanol–water partition coefficient (Wildman–Crippen LogP) is 4.68. The molecule has 1 aromatic carbocycles. The zero-order valence-electron chi connectivity index (χ0n) is 17.7. The third kappa shape index (κ3) is 4.89. The van der Waals surface area contributed by atoms with Gasteiger partial charge in [0.2, 0.25) is 5.01 Å². The van der Waals surface area contributed by atoms with Crippen LogP contribution in [0.4, 0.5) is 33.9 Å². The van der Waals surface area contributed by atoms with Gasteiger partial charge in [-0.05, 0) is 25.0 Å². The summed E-state index contributed by atoms with van der Waals surface area (Å²) in [6.07, 6.45) is -3.35. The van der Waals surface area contributed by atoms with E-state index in [1.165, 1.54) is 0 Å². The number of nitrogens with zero attached hydrogens (tertiary/aromatic N) is 4. The Bertz CT molecular complexity index is 964. The van der Waals surface area contributed by atoms with E-state index in [-0.39, 0.29) is 18.4 Å². The summed E-state index contributed by atoms with van der Waals surface area (Å²) in [6.45, 7) is 2.57. The average molecular weight is 472 g/mol. The summed E-state index contributed by atoms with van der Waals surface area (Å²) in [5, 5.41) is 2.51. The molecule has 174 valence electrons. The lowest BCUT2D eigenvalue weighted by molar-refractivity contribution is -0.137. The van der Waals surface area contributed by atoms with Gasteiger partial charge in [0, 0.05) is 45.9 Å². The molecule has 0 spiro atoms. The molecular weight excluding hydrogens is 446 g/mol. The van der Waals surface area contributed by atoms with Crippen molar-refractivity contribution in [3.63, 3.8) is 0 Å². The van der Waals surface area contributed by atoms with Crippen molar-refractivity contribution in [2.75, 3.05) is 51.9 Å². The number of benzene rings is 1. The first kappa shape index (κ1) is 22.9. The van der Waals surface area contributed by atoms with Crippen molar-refractivity contribution >= 4 is 33.5 Å². The van der Waals surface area contributed by atoms with E-state index in [1.54, 1.807) is 13.2 Å². The molecule has 1 atom stereocenters. The van der Waals surface area contributed by atoms with Crippen molar-refractivity contribution in [1.82, 2.24) is 14.8 Å². The van der Waals surface area contributed by atoms with Crippen LogP contribution < -0.4 is 5.32 Å². The highest BCUT2D eigenvalue weighted by Crippen LogP contribution is 2.42. The van der Waals surface area contributed by atoms with E-state index >= 15 is 0 Å². The molecule has 11 heteroatoms. The van der Waals surface area contributed by atoms with Crippen molar-refractivity contribution in [1.29, 1.82) is 0 Å². The lowest BCUT2D eigenvalue weighted by Crippen LogP contribution is -2.55. The molecule has 0 unspecified atom stereocenters. The molecule has 4 rings (SSSR count). The topological polar surface area (TPSA) is 53.0 Å². The molecule has 0 aliphatic carbocycles. The molecule has 32 heavy (non-hydrogen) atoms. The smallest absolute Gasteiger partial charge is 0.385 e. The van der Waals surface area contributed by atoms with E-state index < -0.39 is 11.2 Å². The molecule has 0 radical (unpaired) electrons. The van der Waals surface area contributed by atoms with Crippen LogP contribution in [0.3, 0.4) is 0 Å². The molecule has 1 saturated heterocycles. The number of halogens is 4. The molecule has 1 fully saturated rings. The number of alkyl halides is 4. The number of thiazole rings is 1. The fraction of sp³-hybridized carbons (Fsp3) is 0.524. The number of hydrogen-bond acceptors (Lipinski definition) is 7. The SMILES string of the molecule is COCC[C@H]1CN(C2=Nc3ccccc3Nc3sc(C(F)(F)F)nc32)CCN1CCCF. The van der Waals surface area contributed by atoms with Gasteiger partial charge in [-0.25, -0.2) is 9.98 Å². The van der Waals surface area contributed by atoms with Crippen molar-refractivity contribution in [3.8, 4) is 0 Å². The van der Waals surface area contributed by atoms with Crippen LogP contribution in [0, 0.1) is 0 Å². The number of nitrogens with one attached hydrogen (secondary N) is 1. The maximum atomic E-state index is 13.4. The summed E-state index contributed by atoms with van der Waals surface area (Å²) >= 11 is 0.586. The summed E-state index contributed by atoms with van der Waals surface area (Å²) in [6, 6.07) is 7.33. The third-order valence-corrected chi connectivity index (χ3v) is 6.61. The number of fused-ring (bicyclic) bond motifs is 2. The van der Waals surface area contributed by atoms with Gasteiger partial charge in [0.1, 0.15) is 10.7 Å². The maximum Gasteiger partial charge on any atom is 0.443 e. The van der Waals surface area contributed by atoms with Crippen LogP contribution in [0.1, 0.15) is 23.5 Å². The van der Waals surface area contributed by atoms with Crippen LogP contribution in [-0.4, -0.2) is 73.2 Å². The fourth-order valence-corrected chi connectivity index (χ4v) is 4.88. The molecule has 2 aliphatic heterocycles. The Balaban J connectivity index is 1.69. The molecule has 2 aromatic rings. The Labute approximate surface area is 187 Å². The van der Waals surface area contributed by atoms with E-state index in [0.717, 1.165) is 6.42 Å². The number of methoxy groups -OCH3 is 1. The first-order chi connectivity index (χ1) is 15.4.